The topological polar surface area (TPSA) is 89.3 Å². The van der Waals surface area contributed by atoms with Gasteiger partial charge in [-0.05, 0) is 49.9 Å². The Balaban J connectivity index is 2.44. The van der Waals surface area contributed by atoms with E-state index in [0.29, 0.717) is 11.1 Å². The molecule has 1 atom stereocenters. The Morgan fingerprint density at radius 2 is 1.71 bits per heavy atom. The van der Waals surface area contributed by atoms with E-state index in [4.69, 9.17) is 0 Å². The van der Waals surface area contributed by atoms with Gasteiger partial charge in [-0.15, -0.1) is 0 Å². The van der Waals surface area contributed by atoms with Crippen LogP contribution >= 0.6 is 0 Å². The summed E-state index contributed by atoms with van der Waals surface area (Å²) in [6.45, 7) is 6.96. The fourth-order valence-electron chi connectivity index (χ4n) is 2.63. The zero-order valence-corrected chi connectivity index (χ0v) is 14.8. The van der Waals surface area contributed by atoms with Crippen molar-refractivity contribution in [2.24, 2.45) is 0 Å². The Hall–Kier alpha value is -2.25. The fourth-order valence-corrected chi connectivity index (χ4v) is 4.18. The highest BCUT2D eigenvalue weighted by atomic mass is 32.2. The maximum absolute atomic E-state index is 12.7. The van der Waals surface area contributed by atoms with Gasteiger partial charge in [-0.1, -0.05) is 24.3 Å². The first-order valence-corrected chi connectivity index (χ1v) is 8.95. The van der Waals surface area contributed by atoms with Gasteiger partial charge in [0, 0.05) is 18.2 Å². The van der Waals surface area contributed by atoms with Gasteiger partial charge >= 0.3 is 0 Å². The minimum absolute atomic E-state index is 0.0605. The number of non-ortho nitro benzene ring substituents is 1. The summed E-state index contributed by atoms with van der Waals surface area (Å²) in [6.07, 6.45) is 0. The van der Waals surface area contributed by atoms with Crippen molar-refractivity contribution < 1.29 is 13.3 Å². The van der Waals surface area contributed by atoms with Crippen LogP contribution in [0.4, 0.5) is 5.69 Å². The van der Waals surface area contributed by atoms with Crippen molar-refractivity contribution in [2.45, 2.75) is 38.6 Å². The van der Waals surface area contributed by atoms with Gasteiger partial charge in [0.05, 0.1) is 9.82 Å². The molecule has 0 bridgehead atoms. The van der Waals surface area contributed by atoms with Crippen LogP contribution in [0.3, 0.4) is 0 Å². The second-order valence-corrected chi connectivity index (χ2v) is 7.52. The molecule has 1 unspecified atom stereocenters. The van der Waals surface area contributed by atoms with E-state index in [1.54, 1.807) is 20.8 Å². The van der Waals surface area contributed by atoms with Crippen molar-refractivity contribution in [1.29, 1.82) is 0 Å². The van der Waals surface area contributed by atoms with E-state index in [1.807, 2.05) is 31.2 Å². The van der Waals surface area contributed by atoms with Gasteiger partial charge in [-0.2, -0.15) is 0 Å². The third kappa shape index (κ3) is 3.63. The number of hydrogen-bond acceptors (Lipinski definition) is 4. The number of nitro benzene ring substituents is 1. The van der Waals surface area contributed by atoms with Gasteiger partial charge < -0.3 is 0 Å². The number of hydrogen-bond donors (Lipinski definition) is 1. The minimum Gasteiger partial charge on any atom is -0.258 e. The van der Waals surface area contributed by atoms with Crippen LogP contribution in [0, 0.1) is 30.9 Å². The summed E-state index contributed by atoms with van der Waals surface area (Å²) in [7, 11) is -3.89. The molecule has 0 spiro atoms. The van der Waals surface area contributed by atoms with Crippen LogP contribution in [0.15, 0.2) is 41.3 Å². The Labute approximate surface area is 141 Å². The molecule has 2 rings (SSSR count). The maximum Gasteiger partial charge on any atom is 0.271 e. The lowest BCUT2D eigenvalue weighted by Crippen LogP contribution is -2.28. The number of nitrogens with zero attached hydrogens (tertiary/aromatic N) is 1. The predicted octanol–water partition coefficient (Wildman–Crippen LogP) is 3.56. The number of nitro groups is 1. The molecule has 24 heavy (non-hydrogen) atoms. The molecule has 128 valence electrons. The van der Waals surface area contributed by atoms with Gasteiger partial charge in [-0.25, -0.2) is 13.1 Å². The van der Waals surface area contributed by atoms with Crippen LogP contribution in [-0.2, 0) is 10.0 Å². The maximum atomic E-state index is 12.7. The molecular weight excluding hydrogens is 328 g/mol. The Morgan fingerprint density at radius 1 is 1.08 bits per heavy atom. The zero-order chi connectivity index (χ0) is 18.1. The van der Waals surface area contributed by atoms with Gasteiger partial charge in [0.25, 0.3) is 5.69 Å². The summed E-state index contributed by atoms with van der Waals surface area (Å²) in [5.74, 6) is 0. The lowest BCUT2D eigenvalue weighted by molar-refractivity contribution is -0.385. The highest BCUT2D eigenvalue weighted by Crippen LogP contribution is 2.27. The number of sulfonamides is 1. The number of benzene rings is 2. The quantitative estimate of drug-likeness (QED) is 0.661. The smallest absolute Gasteiger partial charge is 0.258 e. The minimum atomic E-state index is -3.89. The lowest BCUT2D eigenvalue weighted by Gasteiger charge is -2.18. The summed E-state index contributed by atoms with van der Waals surface area (Å²) >= 11 is 0. The van der Waals surface area contributed by atoms with Crippen molar-refractivity contribution in [3.05, 3.63) is 68.8 Å². The first-order valence-electron chi connectivity index (χ1n) is 7.47. The molecule has 0 aliphatic heterocycles. The van der Waals surface area contributed by atoms with E-state index in [0.717, 1.165) is 17.2 Å². The number of aryl methyl sites for hydroxylation is 2. The Kier molecular flexibility index (Phi) is 5.05. The van der Waals surface area contributed by atoms with Crippen LogP contribution < -0.4 is 4.72 Å². The highest BCUT2D eigenvalue weighted by Gasteiger charge is 2.24. The van der Waals surface area contributed by atoms with Crippen molar-refractivity contribution in [1.82, 2.24) is 4.72 Å². The number of nitrogens with one attached hydrogen (secondary N) is 1. The second-order valence-electron chi connectivity index (χ2n) is 5.84. The van der Waals surface area contributed by atoms with Crippen LogP contribution in [0.1, 0.15) is 35.2 Å². The molecule has 6 nitrogen and oxygen atoms in total. The third-order valence-electron chi connectivity index (χ3n) is 4.09. The average molecular weight is 348 g/mol. The SMILES string of the molecule is Cc1ccccc1C(C)NS(=O)(=O)c1cc([N+](=O)[O-])cc(C)c1C. The van der Waals surface area contributed by atoms with Crippen LogP contribution in [0.5, 0.6) is 0 Å². The summed E-state index contributed by atoms with van der Waals surface area (Å²) in [4.78, 5) is 10.4. The van der Waals surface area contributed by atoms with E-state index in [9.17, 15) is 18.5 Å². The molecule has 2 aromatic rings. The van der Waals surface area contributed by atoms with Crippen LogP contribution in [-0.4, -0.2) is 13.3 Å². The molecule has 0 aliphatic rings. The zero-order valence-electron chi connectivity index (χ0n) is 14.0. The Morgan fingerprint density at radius 3 is 2.29 bits per heavy atom. The van der Waals surface area contributed by atoms with E-state index in [-0.39, 0.29) is 10.6 Å². The van der Waals surface area contributed by atoms with Gasteiger partial charge in [0.1, 0.15) is 0 Å². The molecule has 0 saturated heterocycles. The first kappa shape index (κ1) is 18.1. The molecule has 0 saturated carbocycles. The van der Waals surface area contributed by atoms with E-state index in [1.165, 1.54) is 6.07 Å². The van der Waals surface area contributed by atoms with E-state index >= 15 is 0 Å². The number of rotatable bonds is 5. The first-order chi connectivity index (χ1) is 11.1. The molecule has 0 amide bonds. The summed E-state index contributed by atoms with van der Waals surface area (Å²) in [5, 5.41) is 11.0. The second kappa shape index (κ2) is 6.70. The molecule has 0 aliphatic carbocycles. The molecule has 1 N–H and O–H groups in total. The van der Waals surface area contributed by atoms with Crippen LogP contribution in [0.25, 0.3) is 0 Å². The highest BCUT2D eigenvalue weighted by molar-refractivity contribution is 7.89. The molecule has 0 fully saturated rings. The molecule has 0 heterocycles. The lowest BCUT2D eigenvalue weighted by atomic mass is 10.0. The molecule has 0 radical (unpaired) electrons. The van der Waals surface area contributed by atoms with E-state index < -0.39 is 21.0 Å². The molecular formula is C17H20N2O4S. The summed E-state index contributed by atoms with van der Waals surface area (Å²) < 4.78 is 28.1. The standard InChI is InChI=1S/C17H20N2O4S/c1-11-7-5-6-8-16(11)14(4)18-24(22,23)17-10-15(19(20)21)9-12(2)13(17)3/h5-10,14,18H,1-4H3. The van der Waals surface area contributed by atoms with Crippen molar-refractivity contribution in [3.63, 3.8) is 0 Å². The van der Waals surface area contributed by atoms with Crippen molar-refractivity contribution in [3.8, 4) is 0 Å². The monoisotopic (exact) mass is 348 g/mol. The van der Waals surface area contributed by atoms with Gasteiger partial charge in [-0.3, -0.25) is 10.1 Å². The Bertz CT molecular complexity index is 891. The fraction of sp³-hybridized carbons (Fsp3) is 0.294. The molecule has 2 aromatic carbocycles. The third-order valence-corrected chi connectivity index (χ3v) is 5.76. The average Bonchev–Trinajstić information content (AvgIpc) is 2.49. The van der Waals surface area contributed by atoms with E-state index in [2.05, 4.69) is 4.72 Å². The van der Waals surface area contributed by atoms with Gasteiger partial charge in [0.15, 0.2) is 0 Å². The summed E-state index contributed by atoms with van der Waals surface area (Å²) in [6, 6.07) is 9.52. The predicted molar refractivity (Wildman–Crippen MR) is 92.5 cm³/mol. The van der Waals surface area contributed by atoms with Crippen LogP contribution in [0.2, 0.25) is 0 Å². The van der Waals surface area contributed by atoms with Crippen molar-refractivity contribution in [2.75, 3.05) is 0 Å². The summed E-state index contributed by atoms with van der Waals surface area (Å²) in [5.41, 5.74) is 2.67. The molecule has 7 heteroatoms. The van der Waals surface area contributed by atoms with Crippen molar-refractivity contribution >= 4 is 15.7 Å². The van der Waals surface area contributed by atoms with Gasteiger partial charge in [0.2, 0.25) is 10.0 Å². The largest absolute Gasteiger partial charge is 0.271 e. The molecule has 0 aromatic heterocycles. The normalized spacial score (nSPS) is 12.8.